The van der Waals surface area contributed by atoms with Gasteiger partial charge in [0.1, 0.15) is 5.78 Å². The molecule has 0 aliphatic rings. The first-order chi connectivity index (χ1) is 13.7. The van der Waals surface area contributed by atoms with Crippen molar-refractivity contribution in [2.75, 3.05) is 0 Å². The highest BCUT2D eigenvalue weighted by Gasteiger charge is 2.22. The fraction of sp³-hybridized carbons (Fsp3) is 0.385. The summed E-state index contributed by atoms with van der Waals surface area (Å²) < 4.78 is 0. The molecular formula is C26H34N2O. The Hall–Kier alpha value is -2.68. The van der Waals surface area contributed by atoms with Crippen LogP contribution >= 0.6 is 0 Å². The van der Waals surface area contributed by atoms with Gasteiger partial charge >= 0.3 is 0 Å². The van der Waals surface area contributed by atoms with Crippen molar-refractivity contribution < 1.29 is 4.79 Å². The number of hydrogen-bond acceptors (Lipinski definition) is 3. The molecule has 0 aliphatic carbocycles. The topological polar surface area (TPSA) is 53.0 Å². The number of ketones is 1. The molecule has 0 atom stereocenters. The summed E-state index contributed by atoms with van der Waals surface area (Å²) in [7, 11) is 0. The van der Waals surface area contributed by atoms with Crippen molar-refractivity contribution in [3.63, 3.8) is 0 Å². The third kappa shape index (κ3) is 7.01. The Balaban J connectivity index is 2.13. The Bertz CT molecular complexity index is 893. The Labute approximate surface area is 175 Å². The van der Waals surface area contributed by atoms with Gasteiger partial charge in [0.05, 0.1) is 0 Å². The molecule has 0 aliphatic heterocycles. The molecule has 2 N–H and O–H groups in total. The lowest BCUT2D eigenvalue weighted by molar-refractivity contribution is -0.125. The van der Waals surface area contributed by atoms with Crippen LogP contribution in [-0.2, 0) is 11.3 Å². The third-order valence-corrected chi connectivity index (χ3v) is 5.58. The Morgan fingerprint density at radius 2 is 1.83 bits per heavy atom. The summed E-state index contributed by atoms with van der Waals surface area (Å²) in [6.07, 6.45) is 4.24. The van der Waals surface area contributed by atoms with E-state index in [2.05, 4.69) is 55.6 Å². The second-order valence-electron chi connectivity index (χ2n) is 8.53. The molecule has 0 bridgehead atoms. The lowest BCUT2D eigenvalue weighted by Crippen LogP contribution is -2.21. The molecule has 0 fully saturated rings. The minimum Gasteiger partial charge on any atom is -0.380 e. The fourth-order valence-corrected chi connectivity index (χ4v) is 3.19. The van der Waals surface area contributed by atoms with E-state index in [9.17, 15) is 4.79 Å². The van der Waals surface area contributed by atoms with Crippen LogP contribution in [0.15, 0.2) is 54.6 Å². The van der Waals surface area contributed by atoms with Crippen molar-refractivity contribution in [1.82, 2.24) is 5.32 Å². The number of aryl methyl sites for hydroxylation is 2. The Kier molecular flexibility index (Phi) is 7.95. The van der Waals surface area contributed by atoms with Gasteiger partial charge in [-0.15, -0.1) is 0 Å². The first kappa shape index (κ1) is 22.6. The summed E-state index contributed by atoms with van der Waals surface area (Å²) in [6.45, 7) is 10.5. The van der Waals surface area contributed by atoms with Crippen molar-refractivity contribution >= 4 is 17.2 Å². The summed E-state index contributed by atoms with van der Waals surface area (Å²) in [5.41, 5.74) is 6.02. The second kappa shape index (κ2) is 10.2. The van der Waals surface area contributed by atoms with Crippen LogP contribution in [0.4, 0.5) is 0 Å². The van der Waals surface area contributed by atoms with Gasteiger partial charge in [-0.25, -0.2) is 0 Å². The van der Waals surface area contributed by atoms with E-state index < -0.39 is 0 Å². The Morgan fingerprint density at radius 3 is 2.48 bits per heavy atom. The van der Waals surface area contributed by atoms with E-state index in [0.717, 1.165) is 30.6 Å². The van der Waals surface area contributed by atoms with Gasteiger partial charge in [0.25, 0.3) is 0 Å². The smallest absolute Gasteiger partial charge is 0.135 e. The van der Waals surface area contributed by atoms with Crippen LogP contribution in [0.1, 0.15) is 62.3 Å². The minimum atomic E-state index is -0.313. The molecule has 2 aromatic rings. The summed E-state index contributed by atoms with van der Waals surface area (Å²) in [6, 6.07) is 16.7. The van der Waals surface area contributed by atoms with Crippen LogP contribution in [0.25, 0.3) is 5.70 Å². The van der Waals surface area contributed by atoms with Crippen molar-refractivity contribution in [2.45, 2.75) is 60.4 Å². The number of nitrogens with one attached hydrogen (secondary N) is 2. The van der Waals surface area contributed by atoms with Crippen LogP contribution in [0.5, 0.6) is 0 Å². The maximum atomic E-state index is 11.7. The molecule has 0 aromatic heterocycles. The number of carbonyl (C=O) groups excluding carboxylic acids is 1. The SMILES string of the molecule is CC(=O)C(C)(C)CCCC(=N)/C=C(\NCc1ccccc1C)c1cccc(C)c1. The second-order valence-corrected chi connectivity index (χ2v) is 8.53. The predicted molar refractivity (Wildman–Crippen MR) is 123 cm³/mol. The van der Waals surface area contributed by atoms with Crippen molar-refractivity contribution in [1.29, 1.82) is 5.41 Å². The lowest BCUT2D eigenvalue weighted by atomic mass is 9.83. The normalized spacial score (nSPS) is 12.0. The summed E-state index contributed by atoms with van der Waals surface area (Å²) in [5.74, 6) is 0.208. The number of allylic oxidation sites excluding steroid dienone is 1. The van der Waals surface area contributed by atoms with E-state index >= 15 is 0 Å². The average Bonchev–Trinajstić information content (AvgIpc) is 2.66. The summed E-state index contributed by atoms with van der Waals surface area (Å²) in [4.78, 5) is 11.7. The lowest BCUT2D eigenvalue weighted by Gasteiger charge is -2.20. The average molecular weight is 391 g/mol. The quantitative estimate of drug-likeness (QED) is 0.472. The minimum absolute atomic E-state index is 0.208. The van der Waals surface area contributed by atoms with Crippen LogP contribution in [0.2, 0.25) is 0 Å². The standard InChI is InChI=1S/C26H34N2O/c1-19-10-8-13-22(16-19)25(28-18-23-12-7-6-11-20(23)2)17-24(27)14-9-15-26(4,5)21(3)29/h6-8,10-13,16-17,27-28H,9,14-15,18H2,1-5H3/b25-17-,27-24?. The predicted octanol–water partition coefficient (Wildman–Crippen LogP) is 6.24. The number of hydrogen-bond donors (Lipinski definition) is 2. The van der Waals surface area contributed by atoms with E-state index in [1.54, 1.807) is 6.92 Å². The van der Waals surface area contributed by atoms with Gasteiger partial charge < -0.3 is 10.7 Å². The maximum absolute atomic E-state index is 11.7. The monoisotopic (exact) mass is 390 g/mol. The third-order valence-electron chi connectivity index (χ3n) is 5.58. The highest BCUT2D eigenvalue weighted by Crippen LogP contribution is 2.24. The van der Waals surface area contributed by atoms with Gasteiger partial charge in [0.15, 0.2) is 0 Å². The largest absolute Gasteiger partial charge is 0.380 e. The van der Waals surface area contributed by atoms with Crippen LogP contribution in [0.3, 0.4) is 0 Å². The van der Waals surface area contributed by atoms with E-state index in [1.165, 1.54) is 16.7 Å². The van der Waals surface area contributed by atoms with E-state index in [0.29, 0.717) is 12.1 Å². The molecule has 3 heteroatoms. The first-order valence-electron chi connectivity index (χ1n) is 10.3. The summed E-state index contributed by atoms with van der Waals surface area (Å²) >= 11 is 0. The molecule has 0 heterocycles. The van der Waals surface area contributed by atoms with Crippen LogP contribution in [-0.4, -0.2) is 11.5 Å². The molecule has 0 saturated carbocycles. The highest BCUT2D eigenvalue weighted by molar-refractivity contribution is 5.98. The first-order valence-corrected chi connectivity index (χ1v) is 10.3. The molecule has 154 valence electrons. The van der Waals surface area contributed by atoms with Gasteiger partial charge in [0.2, 0.25) is 0 Å². The number of carbonyl (C=O) groups is 1. The van der Waals surface area contributed by atoms with Crippen LogP contribution in [0, 0.1) is 24.7 Å². The van der Waals surface area contributed by atoms with Crippen molar-refractivity contribution in [3.05, 3.63) is 76.9 Å². The van der Waals surface area contributed by atoms with E-state index in [4.69, 9.17) is 5.41 Å². The highest BCUT2D eigenvalue weighted by atomic mass is 16.1. The van der Waals surface area contributed by atoms with E-state index in [-0.39, 0.29) is 11.2 Å². The van der Waals surface area contributed by atoms with Gasteiger partial charge in [0, 0.05) is 23.4 Å². The molecule has 0 unspecified atom stereocenters. The molecule has 0 radical (unpaired) electrons. The zero-order valence-electron chi connectivity index (χ0n) is 18.4. The molecule has 29 heavy (non-hydrogen) atoms. The van der Waals surface area contributed by atoms with Gasteiger partial charge in [-0.3, -0.25) is 4.79 Å². The van der Waals surface area contributed by atoms with Crippen molar-refractivity contribution in [2.24, 2.45) is 5.41 Å². The van der Waals surface area contributed by atoms with Crippen LogP contribution < -0.4 is 5.32 Å². The molecule has 2 rings (SSSR count). The zero-order valence-corrected chi connectivity index (χ0v) is 18.4. The molecule has 0 amide bonds. The molecule has 2 aromatic carbocycles. The zero-order chi connectivity index (χ0) is 21.4. The molecular weight excluding hydrogens is 356 g/mol. The number of Topliss-reactive ketones (excluding diaryl/α,β-unsaturated/α-hetero) is 1. The van der Waals surface area contributed by atoms with E-state index in [1.807, 2.05) is 32.1 Å². The molecule has 3 nitrogen and oxygen atoms in total. The fourth-order valence-electron chi connectivity index (χ4n) is 3.19. The number of rotatable bonds is 10. The molecule has 0 saturated heterocycles. The summed E-state index contributed by atoms with van der Waals surface area (Å²) in [5, 5.41) is 12.0. The number of benzene rings is 2. The maximum Gasteiger partial charge on any atom is 0.135 e. The van der Waals surface area contributed by atoms with Gasteiger partial charge in [-0.05, 0) is 68.9 Å². The van der Waals surface area contributed by atoms with Crippen molar-refractivity contribution in [3.8, 4) is 0 Å². The Morgan fingerprint density at radius 1 is 1.10 bits per heavy atom. The molecule has 0 spiro atoms. The van der Waals surface area contributed by atoms with Gasteiger partial charge in [-0.2, -0.15) is 0 Å². The van der Waals surface area contributed by atoms with Gasteiger partial charge in [-0.1, -0.05) is 61.9 Å².